The van der Waals surface area contributed by atoms with Crippen molar-refractivity contribution in [3.05, 3.63) is 59.7 Å². The van der Waals surface area contributed by atoms with Crippen molar-refractivity contribution in [1.29, 1.82) is 0 Å². The van der Waals surface area contributed by atoms with Gasteiger partial charge >= 0.3 is 6.36 Å². The highest BCUT2D eigenvalue weighted by Crippen LogP contribution is 2.32. The van der Waals surface area contributed by atoms with Gasteiger partial charge in [-0.1, -0.05) is 24.3 Å². The van der Waals surface area contributed by atoms with Gasteiger partial charge < -0.3 is 19.7 Å². The van der Waals surface area contributed by atoms with Crippen LogP contribution in [0.15, 0.2) is 48.6 Å². The van der Waals surface area contributed by atoms with Gasteiger partial charge in [-0.15, -0.1) is 13.2 Å². The molecule has 0 saturated carbocycles. The van der Waals surface area contributed by atoms with Gasteiger partial charge in [0.2, 0.25) is 0 Å². The van der Waals surface area contributed by atoms with Gasteiger partial charge in [-0.05, 0) is 47.5 Å². The average molecular weight is 380 g/mol. The third-order valence-corrected chi connectivity index (χ3v) is 3.29. The maximum absolute atomic E-state index is 12.3. The fraction of sp³-hybridized carbons (Fsp3) is 0.105. The Morgan fingerprint density at radius 3 is 1.89 bits per heavy atom. The zero-order valence-electron chi connectivity index (χ0n) is 14.0. The SMILES string of the molecule is COc1cc(/C=C/C(=O)/C=C/c2ccc(O)c(OC(F)(F)F)c2)ccc1O. The van der Waals surface area contributed by atoms with E-state index in [-0.39, 0.29) is 17.1 Å². The number of benzene rings is 2. The number of hydrogen-bond donors (Lipinski definition) is 2. The Hall–Kier alpha value is -3.42. The first-order valence-electron chi connectivity index (χ1n) is 7.54. The number of halogens is 3. The molecule has 2 aromatic rings. The van der Waals surface area contributed by atoms with Crippen LogP contribution < -0.4 is 9.47 Å². The van der Waals surface area contributed by atoms with E-state index in [1.54, 1.807) is 6.07 Å². The van der Waals surface area contributed by atoms with E-state index in [0.717, 1.165) is 18.2 Å². The van der Waals surface area contributed by atoms with E-state index in [9.17, 15) is 28.2 Å². The summed E-state index contributed by atoms with van der Waals surface area (Å²) in [5.41, 5.74) is 0.844. The molecule has 27 heavy (non-hydrogen) atoms. The van der Waals surface area contributed by atoms with Crippen LogP contribution in [0.1, 0.15) is 11.1 Å². The van der Waals surface area contributed by atoms with E-state index < -0.39 is 23.6 Å². The van der Waals surface area contributed by atoms with Gasteiger partial charge in [0.05, 0.1) is 7.11 Å². The number of hydrogen-bond acceptors (Lipinski definition) is 5. The second kappa shape index (κ2) is 8.31. The number of ether oxygens (including phenoxy) is 2. The summed E-state index contributed by atoms with van der Waals surface area (Å²) in [7, 11) is 1.39. The van der Waals surface area contributed by atoms with Crippen molar-refractivity contribution in [2.75, 3.05) is 7.11 Å². The van der Waals surface area contributed by atoms with E-state index in [4.69, 9.17) is 4.74 Å². The zero-order valence-corrected chi connectivity index (χ0v) is 14.0. The maximum Gasteiger partial charge on any atom is 0.573 e. The number of carbonyl (C=O) groups is 1. The van der Waals surface area contributed by atoms with E-state index in [1.165, 1.54) is 43.5 Å². The van der Waals surface area contributed by atoms with Crippen LogP contribution in [0, 0.1) is 0 Å². The van der Waals surface area contributed by atoms with Gasteiger partial charge in [-0.25, -0.2) is 0 Å². The molecule has 0 unspecified atom stereocenters. The number of ketones is 1. The number of allylic oxidation sites excluding steroid dienone is 2. The first-order valence-corrected chi connectivity index (χ1v) is 7.54. The van der Waals surface area contributed by atoms with E-state index in [2.05, 4.69) is 4.74 Å². The summed E-state index contributed by atoms with van der Waals surface area (Å²) >= 11 is 0. The highest BCUT2D eigenvalue weighted by molar-refractivity contribution is 6.04. The predicted octanol–water partition coefficient (Wildman–Crippen LogP) is 4.30. The van der Waals surface area contributed by atoms with Crippen LogP contribution in [0.3, 0.4) is 0 Å². The number of rotatable bonds is 6. The van der Waals surface area contributed by atoms with E-state index in [0.29, 0.717) is 5.56 Å². The Morgan fingerprint density at radius 2 is 1.41 bits per heavy atom. The Bertz CT molecular complexity index is 885. The molecule has 0 aliphatic rings. The fourth-order valence-corrected chi connectivity index (χ4v) is 2.05. The second-order valence-corrected chi connectivity index (χ2v) is 5.28. The summed E-state index contributed by atoms with van der Waals surface area (Å²) in [6.45, 7) is 0. The summed E-state index contributed by atoms with van der Waals surface area (Å²) < 4.78 is 45.5. The van der Waals surface area contributed by atoms with Gasteiger partial charge in [0, 0.05) is 0 Å². The minimum atomic E-state index is -4.94. The quantitative estimate of drug-likeness (QED) is 0.731. The lowest BCUT2D eigenvalue weighted by atomic mass is 10.1. The Balaban J connectivity index is 2.09. The van der Waals surface area contributed by atoms with Gasteiger partial charge in [-0.3, -0.25) is 4.79 Å². The first kappa shape index (κ1) is 19.9. The number of carbonyl (C=O) groups excluding carboxylic acids is 1. The molecule has 2 aromatic carbocycles. The number of aromatic hydroxyl groups is 2. The highest BCUT2D eigenvalue weighted by Gasteiger charge is 2.32. The van der Waals surface area contributed by atoms with Crippen molar-refractivity contribution in [3.63, 3.8) is 0 Å². The summed E-state index contributed by atoms with van der Waals surface area (Å²) in [5, 5.41) is 18.9. The molecule has 8 heteroatoms. The van der Waals surface area contributed by atoms with Gasteiger partial charge in [-0.2, -0.15) is 0 Å². The fourth-order valence-electron chi connectivity index (χ4n) is 2.05. The van der Waals surface area contributed by atoms with Gasteiger partial charge in [0.15, 0.2) is 28.8 Å². The van der Waals surface area contributed by atoms with Crippen LogP contribution >= 0.6 is 0 Å². The first-order chi connectivity index (χ1) is 12.7. The van der Waals surface area contributed by atoms with Crippen molar-refractivity contribution >= 4 is 17.9 Å². The minimum Gasteiger partial charge on any atom is -0.504 e. The van der Waals surface area contributed by atoms with Gasteiger partial charge in [0.1, 0.15) is 0 Å². The Kier molecular flexibility index (Phi) is 6.12. The number of phenolic OH excluding ortho intramolecular Hbond substituents is 2. The summed E-state index contributed by atoms with van der Waals surface area (Å²) in [4.78, 5) is 11.9. The molecule has 0 fully saturated rings. The van der Waals surface area contributed by atoms with Crippen molar-refractivity contribution < 1.29 is 37.7 Å². The Morgan fingerprint density at radius 1 is 0.926 bits per heavy atom. The molecule has 0 aromatic heterocycles. The highest BCUT2D eigenvalue weighted by atomic mass is 19.4. The van der Waals surface area contributed by atoms with Crippen molar-refractivity contribution in [3.8, 4) is 23.0 Å². The number of methoxy groups -OCH3 is 1. The number of phenols is 2. The minimum absolute atomic E-state index is 0.0370. The molecule has 0 saturated heterocycles. The van der Waals surface area contributed by atoms with Crippen LogP contribution in [-0.4, -0.2) is 29.5 Å². The number of alkyl halides is 3. The maximum atomic E-state index is 12.3. The van der Waals surface area contributed by atoms with Crippen LogP contribution in [0.25, 0.3) is 12.2 Å². The molecule has 0 spiro atoms. The molecule has 0 heterocycles. The molecule has 2 N–H and O–H groups in total. The topological polar surface area (TPSA) is 76.0 Å². The molecule has 2 rings (SSSR count). The second-order valence-electron chi connectivity index (χ2n) is 5.28. The van der Waals surface area contributed by atoms with Crippen LogP contribution in [0.2, 0.25) is 0 Å². The molecule has 0 radical (unpaired) electrons. The molecule has 142 valence electrons. The molecule has 0 aliphatic carbocycles. The largest absolute Gasteiger partial charge is 0.573 e. The third-order valence-electron chi connectivity index (χ3n) is 3.29. The van der Waals surface area contributed by atoms with Gasteiger partial charge in [0.25, 0.3) is 0 Å². The lowest BCUT2D eigenvalue weighted by Crippen LogP contribution is -2.17. The van der Waals surface area contributed by atoms with Crippen LogP contribution in [0.5, 0.6) is 23.0 Å². The molecular weight excluding hydrogens is 365 g/mol. The summed E-state index contributed by atoms with van der Waals surface area (Å²) in [6, 6.07) is 7.84. The summed E-state index contributed by atoms with van der Waals surface area (Å²) in [6.07, 6.45) is 0.230. The van der Waals surface area contributed by atoms with Crippen LogP contribution in [-0.2, 0) is 4.79 Å². The third kappa shape index (κ3) is 6.10. The monoisotopic (exact) mass is 380 g/mol. The lowest BCUT2D eigenvalue weighted by Gasteiger charge is -2.10. The van der Waals surface area contributed by atoms with Crippen LogP contribution in [0.4, 0.5) is 13.2 Å². The normalized spacial score (nSPS) is 11.9. The van der Waals surface area contributed by atoms with Crippen molar-refractivity contribution in [2.24, 2.45) is 0 Å². The molecule has 5 nitrogen and oxygen atoms in total. The average Bonchev–Trinajstić information content (AvgIpc) is 2.60. The molecule has 0 bridgehead atoms. The van der Waals surface area contributed by atoms with Crippen molar-refractivity contribution in [1.82, 2.24) is 0 Å². The zero-order chi connectivity index (χ0) is 20.0. The molecule has 0 atom stereocenters. The van der Waals surface area contributed by atoms with Crippen molar-refractivity contribution in [2.45, 2.75) is 6.36 Å². The standard InChI is InChI=1S/C19H15F3O5/c1-26-17-10-12(4-8-15(17)24)2-6-14(23)7-3-13-5-9-16(25)18(11-13)27-19(20,21)22/h2-11,24-25H,1H3/b6-2+,7-3+. The van der Waals surface area contributed by atoms with E-state index in [1.807, 2.05) is 0 Å². The molecular formula is C19H15F3O5. The Labute approximate surface area is 152 Å². The predicted molar refractivity (Wildman–Crippen MR) is 92.5 cm³/mol. The van der Waals surface area contributed by atoms with E-state index >= 15 is 0 Å². The summed E-state index contributed by atoms with van der Waals surface area (Å²) in [5.74, 6) is -1.64. The molecule has 0 amide bonds. The smallest absolute Gasteiger partial charge is 0.504 e. The lowest BCUT2D eigenvalue weighted by molar-refractivity contribution is -0.275. The molecule has 0 aliphatic heterocycles.